The predicted octanol–water partition coefficient (Wildman–Crippen LogP) is 5.33. The molecule has 0 radical (unpaired) electrons. The molecule has 8 nitrogen and oxygen atoms in total. The Balaban J connectivity index is 1.88. The highest BCUT2D eigenvalue weighted by molar-refractivity contribution is 7.98. The van der Waals surface area contributed by atoms with Gasteiger partial charge in [-0.2, -0.15) is 0 Å². The van der Waals surface area contributed by atoms with Crippen molar-refractivity contribution in [1.82, 2.24) is 19.6 Å². The highest BCUT2D eigenvalue weighted by Gasteiger charge is 2.26. The summed E-state index contributed by atoms with van der Waals surface area (Å²) in [6.07, 6.45) is 6.30. The van der Waals surface area contributed by atoms with Gasteiger partial charge >= 0.3 is 6.03 Å². The smallest absolute Gasteiger partial charge is 0.330 e. The van der Waals surface area contributed by atoms with E-state index in [1.165, 1.54) is 18.7 Å². The van der Waals surface area contributed by atoms with E-state index in [9.17, 15) is 18.3 Å². The van der Waals surface area contributed by atoms with E-state index in [4.69, 9.17) is 4.98 Å². The Morgan fingerprint density at radius 2 is 1.79 bits per heavy atom. The molecule has 1 heterocycles. The van der Waals surface area contributed by atoms with Gasteiger partial charge < -0.3 is 15.0 Å². The first-order chi connectivity index (χ1) is 18.0. The van der Waals surface area contributed by atoms with Crippen LogP contribution in [0.3, 0.4) is 0 Å². The maximum atomic E-state index is 13.1. The average molecular weight is 559 g/mol. The number of aryl methyl sites for hydroxylation is 1. The number of unbranched alkanes of at least 4 members (excludes halogenated alkanes) is 1. The van der Waals surface area contributed by atoms with Crippen LogP contribution in [0.1, 0.15) is 64.0 Å². The largest absolute Gasteiger partial charge is 0.371 e. The lowest BCUT2D eigenvalue weighted by Crippen LogP contribution is -2.51. The van der Waals surface area contributed by atoms with Crippen molar-refractivity contribution in [1.29, 1.82) is 0 Å². The van der Waals surface area contributed by atoms with E-state index < -0.39 is 21.8 Å². The summed E-state index contributed by atoms with van der Waals surface area (Å²) in [5.41, 5.74) is 2.00. The third kappa shape index (κ3) is 7.18. The Kier molecular flexibility index (Phi) is 10.0. The van der Waals surface area contributed by atoms with Crippen LogP contribution in [0.2, 0.25) is 0 Å². The number of amides is 2. The molecule has 3 rings (SSSR count). The van der Waals surface area contributed by atoms with Gasteiger partial charge in [-0.1, -0.05) is 69.7 Å². The van der Waals surface area contributed by atoms with E-state index in [-0.39, 0.29) is 11.3 Å². The molecular weight excluding hydrogens is 520 g/mol. The topological polar surface area (TPSA) is 113 Å². The Hall–Kier alpha value is -2.82. The van der Waals surface area contributed by atoms with Crippen molar-refractivity contribution >= 4 is 27.8 Å². The highest BCUT2D eigenvalue weighted by atomic mass is 32.2. The number of hydrogen-bond donors (Lipinski definition) is 3. The summed E-state index contributed by atoms with van der Waals surface area (Å²) in [5, 5.41) is 13.4. The molecule has 38 heavy (non-hydrogen) atoms. The summed E-state index contributed by atoms with van der Waals surface area (Å²) in [4.78, 5) is 17.1. The zero-order valence-corrected chi connectivity index (χ0v) is 24.4. The molecule has 10 heteroatoms. The molecule has 1 unspecified atom stereocenters. The summed E-state index contributed by atoms with van der Waals surface area (Å²) in [7, 11) is -4.19. The van der Waals surface area contributed by atoms with E-state index >= 15 is 0 Å². The number of carbonyl (C=O) groups excluding carboxylic acids is 1. The SMILES string of the molecule is CCCCc1nc(SC)c(CC)n1Cc1ccc(-c2ccccc2S(=O)(=O)NC(=O)NC(C)(O)CC)cc1. The first-order valence-electron chi connectivity index (χ1n) is 12.9. The molecule has 1 atom stereocenters. The van der Waals surface area contributed by atoms with Crippen LogP contribution < -0.4 is 10.0 Å². The second kappa shape index (κ2) is 12.8. The van der Waals surface area contributed by atoms with Crippen molar-refractivity contribution in [2.24, 2.45) is 0 Å². The Bertz CT molecular complexity index is 1350. The van der Waals surface area contributed by atoms with Gasteiger partial charge in [-0.15, -0.1) is 11.8 Å². The maximum Gasteiger partial charge on any atom is 0.330 e. The Morgan fingerprint density at radius 1 is 1.11 bits per heavy atom. The van der Waals surface area contributed by atoms with Crippen LogP contribution in [0.4, 0.5) is 4.79 Å². The van der Waals surface area contributed by atoms with Crippen LogP contribution >= 0.6 is 11.8 Å². The first kappa shape index (κ1) is 29.7. The summed E-state index contributed by atoms with van der Waals surface area (Å²) in [5.74, 6) is 1.10. The number of aromatic nitrogens is 2. The molecule has 3 N–H and O–H groups in total. The zero-order valence-electron chi connectivity index (χ0n) is 22.7. The lowest BCUT2D eigenvalue weighted by Gasteiger charge is -2.23. The van der Waals surface area contributed by atoms with Gasteiger partial charge in [-0.3, -0.25) is 0 Å². The monoisotopic (exact) mass is 558 g/mol. The lowest BCUT2D eigenvalue weighted by molar-refractivity contribution is 0.0326. The standard InChI is InChI=1S/C28H38N4O4S2/c1-6-9-14-25-29-26(37-5)23(7-2)32(25)19-20-15-17-21(18-16-20)22-12-10-11-13-24(22)38(35,36)31-27(33)30-28(4,34)8-3/h10-13,15-18,34H,6-9,14,19H2,1-5H3,(H2,30,31,33). The number of nitrogens with zero attached hydrogens (tertiary/aromatic N) is 2. The van der Waals surface area contributed by atoms with Crippen molar-refractivity contribution < 1.29 is 18.3 Å². The molecule has 0 fully saturated rings. The first-order valence-corrected chi connectivity index (χ1v) is 15.6. The lowest BCUT2D eigenvalue weighted by atomic mass is 10.0. The fourth-order valence-corrected chi connectivity index (χ4v) is 6.00. The second-order valence-electron chi connectivity index (χ2n) is 9.41. The molecule has 0 aliphatic heterocycles. The van der Waals surface area contributed by atoms with Gasteiger partial charge in [0.05, 0.1) is 10.6 Å². The van der Waals surface area contributed by atoms with Crippen molar-refractivity contribution in [3.63, 3.8) is 0 Å². The van der Waals surface area contributed by atoms with Crippen LogP contribution in [0.25, 0.3) is 11.1 Å². The van der Waals surface area contributed by atoms with E-state index in [0.717, 1.165) is 42.1 Å². The van der Waals surface area contributed by atoms with E-state index in [1.807, 2.05) is 29.0 Å². The molecule has 2 aromatic carbocycles. The van der Waals surface area contributed by atoms with E-state index in [2.05, 4.69) is 30.0 Å². The predicted molar refractivity (Wildman–Crippen MR) is 153 cm³/mol. The van der Waals surface area contributed by atoms with Crippen LogP contribution in [0, 0.1) is 0 Å². The van der Waals surface area contributed by atoms with Gasteiger partial charge in [-0.05, 0) is 49.6 Å². The zero-order chi connectivity index (χ0) is 27.9. The summed E-state index contributed by atoms with van der Waals surface area (Å²) < 4.78 is 30.5. The Labute approximate surface area is 230 Å². The van der Waals surface area contributed by atoms with Crippen molar-refractivity contribution in [2.45, 2.75) is 82.0 Å². The van der Waals surface area contributed by atoms with Crippen molar-refractivity contribution in [3.8, 4) is 11.1 Å². The van der Waals surface area contributed by atoms with Crippen LogP contribution in [0.15, 0.2) is 58.5 Å². The van der Waals surface area contributed by atoms with Gasteiger partial charge in [0.25, 0.3) is 10.0 Å². The van der Waals surface area contributed by atoms with Crippen LogP contribution in [-0.2, 0) is 29.4 Å². The Morgan fingerprint density at radius 3 is 2.39 bits per heavy atom. The van der Waals surface area contributed by atoms with Crippen molar-refractivity contribution in [3.05, 3.63) is 65.6 Å². The van der Waals surface area contributed by atoms with E-state index in [1.54, 1.807) is 36.9 Å². The molecule has 2 amide bonds. The third-order valence-electron chi connectivity index (χ3n) is 6.48. The fraction of sp³-hybridized carbons (Fsp3) is 0.429. The highest BCUT2D eigenvalue weighted by Crippen LogP contribution is 2.29. The molecule has 0 spiro atoms. The number of aliphatic hydroxyl groups is 1. The molecule has 0 aliphatic carbocycles. The van der Waals surface area contributed by atoms with Gasteiger partial charge in [0, 0.05) is 18.5 Å². The molecule has 0 bridgehead atoms. The minimum atomic E-state index is -4.19. The molecule has 0 saturated carbocycles. The number of sulfonamides is 1. The molecule has 206 valence electrons. The second-order valence-corrected chi connectivity index (χ2v) is 11.9. The van der Waals surface area contributed by atoms with E-state index in [0.29, 0.717) is 17.7 Å². The molecule has 0 saturated heterocycles. The number of carbonyl (C=O) groups is 1. The fourth-order valence-electron chi connectivity index (χ4n) is 4.18. The number of thioether (sulfide) groups is 1. The summed E-state index contributed by atoms with van der Waals surface area (Å²) in [6.45, 7) is 8.09. The minimum absolute atomic E-state index is 0.0200. The summed E-state index contributed by atoms with van der Waals surface area (Å²) in [6, 6.07) is 13.3. The number of imidazole rings is 1. The van der Waals surface area contributed by atoms with Crippen molar-refractivity contribution in [2.75, 3.05) is 6.26 Å². The quantitative estimate of drug-likeness (QED) is 0.205. The number of urea groups is 1. The maximum absolute atomic E-state index is 13.1. The van der Waals surface area contributed by atoms with Gasteiger partial charge in [-0.25, -0.2) is 22.9 Å². The molecule has 1 aromatic heterocycles. The molecule has 3 aromatic rings. The normalized spacial score (nSPS) is 13.2. The summed E-state index contributed by atoms with van der Waals surface area (Å²) >= 11 is 1.67. The van der Waals surface area contributed by atoms with Gasteiger partial charge in [0.1, 0.15) is 16.6 Å². The van der Waals surface area contributed by atoms with Crippen LogP contribution in [-0.4, -0.2) is 41.1 Å². The van der Waals surface area contributed by atoms with Crippen LogP contribution in [0.5, 0.6) is 0 Å². The molecular formula is C28H38N4O4S2. The number of hydrogen-bond acceptors (Lipinski definition) is 6. The third-order valence-corrected chi connectivity index (χ3v) is 8.58. The number of rotatable bonds is 12. The number of benzene rings is 2. The average Bonchev–Trinajstić information content (AvgIpc) is 3.23. The number of nitrogens with one attached hydrogen (secondary N) is 2. The van der Waals surface area contributed by atoms with Gasteiger partial charge in [0.15, 0.2) is 0 Å². The molecule has 0 aliphatic rings. The minimum Gasteiger partial charge on any atom is -0.371 e. The van der Waals surface area contributed by atoms with Gasteiger partial charge in [0.2, 0.25) is 0 Å².